The molecular weight excluding hydrogens is 232 g/mol. The van der Waals surface area contributed by atoms with Crippen molar-refractivity contribution in [3.8, 4) is 0 Å². The summed E-state index contributed by atoms with van der Waals surface area (Å²) in [6.07, 6.45) is 1.39. The van der Waals surface area contributed by atoms with Gasteiger partial charge in [-0.05, 0) is 12.8 Å². The molecule has 1 rings (SSSR count). The number of aliphatic carboxylic acids is 1. The first-order valence-electron chi connectivity index (χ1n) is 5.07. The Labute approximate surface area is 96.5 Å². The molecule has 2 N–H and O–H groups in total. The molecule has 1 aliphatic rings. The maximum absolute atomic E-state index is 11.5. The molecule has 6 nitrogen and oxygen atoms in total. The van der Waals surface area contributed by atoms with Crippen molar-refractivity contribution >= 4 is 22.8 Å². The van der Waals surface area contributed by atoms with Gasteiger partial charge in [0.05, 0.1) is 0 Å². The zero-order valence-electron chi connectivity index (χ0n) is 9.14. The maximum Gasteiger partial charge on any atom is 0.323 e. The molecule has 0 bridgehead atoms. The first-order valence-corrected chi connectivity index (χ1v) is 6.56. The normalized spacial score (nSPS) is 24.8. The van der Waals surface area contributed by atoms with Crippen LogP contribution in [0, 0.1) is 0 Å². The highest BCUT2D eigenvalue weighted by Crippen LogP contribution is 2.09. The minimum absolute atomic E-state index is 0.0152. The molecule has 1 saturated heterocycles. The Bertz CT molecular complexity index is 298. The number of carboxylic acids is 1. The van der Waals surface area contributed by atoms with E-state index >= 15 is 0 Å². The second-order valence-corrected chi connectivity index (χ2v) is 5.52. The van der Waals surface area contributed by atoms with Crippen molar-refractivity contribution in [3.63, 3.8) is 0 Å². The summed E-state index contributed by atoms with van der Waals surface area (Å²) in [6.45, 7) is -0.315. The molecule has 16 heavy (non-hydrogen) atoms. The zero-order chi connectivity index (χ0) is 12.1. The van der Waals surface area contributed by atoms with Gasteiger partial charge in [0.25, 0.3) is 0 Å². The van der Waals surface area contributed by atoms with E-state index in [2.05, 4.69) is 5.32 Å². The number of carbonyl (C=O) groups excluding carboxylic acids is 1. The van der Waals surface area contributed by atoms with E-state index in [-0.39, 0.29) is 18.6 Å². The standard InChI is InChI=1S/C9H16N2O4S/c1-11(6-8(12)13)9(14)10-7-2-4-16(15)5-3-7/h7H,2-6H2,1H3,(H,10,14)(H,12,13). The highest BCUT2D eigenvalue weighted by atomic mass is 32.2. The zero-order valence-corrected chi connectivity index (χ0v) is 9.96. The molecule has 0 aliphatic carbocycles. The molecule has 7 heteroatoms. The van der Waals surface area contributed by atoms with E-state index in [0.717, 1.165) is 4.90 Å². The van der Waals surface area contributed by atoms with Crippen molar-refractivity contribution in [1.82, 2.24) is 10.2 Å². The number of amides is 2. The van der Waals surface area contributed by atoms with Crippen LogP contribution in [-0.2, 0) is 15.6 Å². The molecule has 0 spiro atoms. The fraction of sp³-hybridized carbons (Fsp3) is 0.778. The van der Waals surface area contributed by atoms with E-state index in [1.165, 1.54) is 7.05 Å². The number of nitrogens with zero attached hydrogens (tertiary/aromatic N) is 1. The largest absolute Gasteiger partial charge is 0.480 e. The summed E-state index contributed by atoms with van der Waals surface area (Å²) >= 11 is 0. The summed E-state index contributed by atoms with van der Waals surface area (Å²) in [4.78, 5) is 23.0. The van der Waals surface area contributed by atoms with Crippen molar-refractivity contribution in [1.29, 1.82) is 0 Å². The Morgan fingerprint density at radius 3 is 2.50 bits per heavy atom. The van der Waals surface area contributed by atoms with Gasteiger partial charge in [-0.3, -0.25) is 9.00 Å². The summed E-state index contributed by atoms with van der Waals surface area (Å²) in [6, 6.07) is -0.374. The summed E-state index contributed by atoms with van der Waals surface area (Å²) in [5.74, 6) is 0.170. The Kier molecular flexibility index (Phi) is 4.72. The van der Waals surface area contributed by atoms with Gasteiger partial charge in [0.2, 0.25) is 0 Å². The number of carbonyl (C=O) groups is 2. The van der Waals surface area contributed by atoms with Gasteiger partial charge in [0.15, 0.2) is 0 Å². The van der Waals surface area contributed by atoms with Crippen LogP contribution in [0.15, 0.2) is 0 Å². The first kappa shape index (κ1) is 13.0. The molecule has 1 heterocycles. The van der Waals surface area contributed by atoms with Crippen LogP contribution < -0.4 is 5.32 Å². The van der Waals surface area contributed by atoms with E-state index in [0.29, 0.717) is 24.3 Å². The van der Waals surface area contributed by atoms with Gasteiger partial charge in [-0.15, -0.1) is 0 Å². The number of likely N-dealkylation sites (N-methyl/N-ethyl adjacent to an activating group) is 1. The van der Waals surface area contributed by atoms with Gasteiger partial charge in [0.1, 0.15) is 6.54 Å². The van der Waals surface area contributed by atoms with E-state index in [4.69, 9.17) is 5.11 Å². The van der Waals surface area contributed by atoms with Crippen LogP contribution in [0.5, 0.6) is 0 Å². The number of urea groups is 1. The van der Waals surface area contributed by atoms with E-state index in [1.54, 1.807) is 0 Å². The molecule has 0 atom stereocenters. The van der Waals surface area contributed by atoms with Crippen LogP contribution in [0.25, 0.3) is 0 Å². The minimum Gasteiger partial charge on any atom is -0.480 e. The predicted molar refractivity (Wildman–Crippen MR) is 59.7 cm³/mol. The number of rotatable bonds is 3. The molecule has 0 aromatic heterocycles. The summed E-state index contributed by atoms with van der Waals surface area (Å²) in [5.41, 5.74) is 0. The van der Waals surface area contributed by atoms with Crippen molar-refractivity contribution < 1.29 is 18.9 Å². The SMILES string of the molecule is CN(CC(=O)O)C(=O)NC1CCS(=O)CC1. The quantitative estimate of drug-likeness (QED) is 0.713. The molecule has 0 radical (unpaired) electrons. The smallest absolute Gasteiger partial charge is 0.323 e. The third kappa shape index (κ3) is 4.18. The van der Waals surface area contributed by atoms with Gasteiger partial charge in [0, 0.05) is 35.4 Å². The van der Waals surface area contributed by atoms with E-state index in [9.17, 15) is 13.8 Å². The second-order valence-electron chi connectivity index (χ2n) is 3.82. The molecule has 0 aromatic carbocycles. The Hall–Kier alpha value is -1.11. The summed E-state index contributed by atoms with van der Waals surface area (Å²) in [7, 11) is 0.680. The Balaban J connectivity index is 2.33. The lowest BCUT2D eigenvalue weighted by molar-refractivity contribution is -0.137. The van der Waals surface area contributed by atoms with Gasteiger partial charge in [-0.25, -0.2) is 4.79 Å². The topological polar surface area (TPSA) is 86.7 Å². The maximum atomic E-state index is 11.5. The van der Waals surface area contributed by atoms with Crippen molar-refractivity contribution in [2.24, 2.45) is 0 Å². The highest BCUT2D eigenvalue weighted by Gasteiger charge is 2.21. The summed E-state index contributed by atoms with van der Waals surface area (Å²) < 4.78 is 11.1. The van der Waals surface area contributed by atoms with E-state index in [1.807, 2.05) is 0 Å². The van der Waals surface area contributed by atoms with Gasteiger partial charge in [-0.2, -0.15) is 0 Å². The highest BCUT2D eigenvalue weighted by molar-refractivity contribution is 7.85. The molecular formula is C9H16N2O4S. The molecule has 0 aromatic rings. The number of carboxylic acid groups (broad SMARTS) is 1. The van der Waals surface area contributed by atoms with Crippen LogP contribution in [-0.4, -0.2) is 57.4 Å². The molecule has 0 saturated carbocycles. The molecule has 2 amide bonds. The predicted octanol–water partition coefficient (Wildman–Crippen LogP) is -0.376. The fourth-order valence-corrected chi connectivity index (χ4v) is 2.80. The minimum atomic E-state index is -1.04. The van der Waals surface area contributed by atoms with Gasteiger partial charge < -0.3 is 15.3 Å². The second kappa shape index (κ2) is 5.83. The number of hydrogen-bond donors (Lipinski definition) is 2. The van der Waals surface area contributed by atoms with Crippen LogP contribution in [0.4, 0.5) is 4.79 Å². The van der Waals surface area contributed by atoms with Gasteiger partial charge >= 0.3 is 12.0 Å². The molecule has 1 fully saturated rings. The third-order valence-corrected chi connectivity index (χ3v) is 3.82. The van der Waals surface area contributed by atoms with Crippen molar-refractivity contribution in [2.45, 2.75) is 18.9 Å². The van der Waals surface area contributed by atoms with Gasteiger partial charge in [-0.1, -0.05) is 0 Å². The van der Waals surface area contributed by atoms with Crippen molar-refractivity contribution in [2.75, 3.05) is 25.1 Å². The Morgan fingerprint density at radius 2 is 2.00 bits per heavy atom. The number of hydrogen-bond acceptors (Lipinski definition) is 3. The van der Waals surface area contributed by atoms with Crippen LogP contribution in [0.3, 0.4) is 0 Å². The summed E-state index contributed by atoms with van der Waals surface area (Å²) in [5, 5.41) is 11.2. The first-order chi connectivity index (χ1) is 7.49. The lowest BCUT2D eigenvalue weighted by Gasteiger charge is -2.25. The monoisotopic (exact) mass is 248 g/mol. The van der Waals surface area contributed by atoms with E-state index < -0.39 is 16.8 Å². The van der Waals surface area contributed by atoms with Crippen LogP contribution >= 0.6 is 0 Å². The van der Waals surface area contributed by atoms with Crippen LogP contribution in [0.1, 0.15) is 12.8 Å². The molecule has 0 unspecified atom stereocenters. The fourth-order valence-electron chi connectivity index (χ4n) is 1.50. The average molecular weight is 248 g/mol. The molecule has 92 valence electrons. The lowest BCUT2D eigenvalue weighted by Crippen LogP contribution is -2.46. The van der Waals surface area contributed by atoms with Crippen LogP contribution in [0.2, 0.25) is 0 Å². The Morgan fingerprint density at radius 1 is 1.44 bits per heavy atom. The van der Waals surface area contributed by atoms with Crippen molar-refractivity contribution in [3.05, 3.63) is 0 Å². The number of nitrogens with one attached hydrogen (secondary N) is 1. The third-order valence-electron chi connectivity index (χ3n) is 2.43. The lowest BCUT2D eigenvalue weighted by atomic mass is 10.2. The molecule has 1 aliphatic heterocycles. The average Bonchev–Trinajstić information content (AvgIpc) is 2.20.